The van der Waals surface area contributed by atoms with Crippen molar-refractivity contribution in [2.75, 3.05) is 31.1 Å². The zero-order valence-electron chi connectivity index (χ0n) is 21.3. The van der Waals surface area contributed by atoms with Crippen LogP contribution in [-0.2, 0) is 6.42 Å². The van der Waals surface area contributed by atoms with Crippen LogP contribution in [0, 0.1) is 11.3 Å². The van der Waals surface area contributed by atoms with Crippen molar-refractivity contribution in [1.29, 1.82) is 5.26 Å². The van der Waals surface area contributed by atoms with E-state index >= 15 is 0 Å². The number of hydrogen-bond donors (Lipinski definition) is 1. The molecule has 10 nitrogen and oxygen atoms in total. The highest BCUT2D eigenvalue weighted by Gasteiger charge is 2.24. The van der Waals surface area contributed by atoms with Gasteiger partial charge in [-0.05, 0) is 61.2 Å². The van der Waals surface area contributed by atoms with Gasteiger partial charge in [0.15, 0.2) is 0 Å². The van der Waals surface area contributed by atoms with Gasteiger partial charge in [-0.1, -0.05) is 0 Å². The molecule has 4 aromatic rings. The van der Waals surface area contributed by atoms with Crippen molar-refractivity contribution in [2.24, 2.45) is 0 Å². The highest BCUT2D eigenvalue weighted by Crippen LogP contribution is 2.28. The quantitative estimate of drug-likeness (QED) is 0.410. The Morgan fingerprint density at radius 1 is 1.05 bits per heavy atom. The summed E-state index contributed by atoms with van der Waals surface area (Å²) in [5.41, 5.74) is 2.31. The molecule has 39 heavy (non-hydrogen) atoms. The Labute approximate surface area is 224 Å². The molecule has 0 spiro atoms. The normalized spacial score (nSPS) is 15.6. The van der Waals surface area contributed by atoms with E-state index < -0.39 is 0 Å². The van der Waals surface area contributed by atoms with Crippen LogP contribution in [0.25, 0.3) is 10.8 Å². The fraction of sp³-hybridized carbons (Fsp3) is 0.310. The molecule has 1 aliphatic heterocycles. The van der Waals surface area contributed by atoms with Gasteiger partial charge in [0.1, 0.15) is 17.6 Å². The first-order valence-electron chi connectivity index (χ1n) is 13.1. The molecular formula is C29H27N7O3. The number of aromatic nitrogens is 4. The van der Waals surface area contributed by atoms with Gasteiger partial charge in [0.05, 0.1) is 28.3 Å². The Morgan fingerprint density at radius 3 is 2.62 bits per heavy atom. The second-order valence-corrected chi connectivity index (χ2v) is 9.93. The molecule has 0 bridgehead atoms. The number of aromatic amines is 1. The fourth-order valence-electron chi connectivity index (χ4n) is 4.94. The van der Waals surface area contributed by atoms with Crippen molar-refractivity contribution in [3.63, 3.8) is 0 Å². The van der Waals surface area contributed by atoms with Gasteiger partial charge in [0.2, 0.25) is 0 Å². The number of carbonyl (C=O) groups is 1. The lowest BCUT2D eigenvalue weighted by Gasteiger charge is -2.35. The lowest BCUT2D eigenvalue weighted by Crippen LogP contribution is -2.49. The molecule has 0 atom stereocenters. The molecule has 1 N–H and O–H groups in total. The molecule has 1 saturated carbocycles. The van der Waals surface area contributed by atoms with Gasteiger partial charge in [0.25, 0.3) is 11.5 Å². The molecule has 1 saturated heterocycles. The largest absolute Gasteiger partial charge is 0.490 e. The first-order valence-corrected chi connectivity index (χ1v) is 13.1. The number of carbonyl (C=O) groups excluding carboxylic acids is 1. The number of nitriles is 1. The van der Waals surface area contributed by atoms with Gasteiger partial charge < -0.3 is 14.5 Å². The zero-order chi connectivity index (χ0) is 26.8. The van der Waals surface area contributed by atoms with Gasteiger partial charge in [-0.25, -0.2) is 10.1 Å². The van der Waals surface area contributed by atoms with Crippen LogP contribution in [0.1, 0.15) is 46.4 Å². The van der Waals surface area contributed by atoms with Gasteiger partial charge in [0, 0.05) is 56.6 Å². The van der Waals surface area contributed by atoms with Crippen LogP contribution in [0.5, 0.6) is 5.75 Å². The number of nitrogens with zero attached hydrogens (tertiary/aromatic N) is 6. The van der Waals surface area contributed by atoms with E-state index in [1.807, 2.05) is 29.2 Å². The van der Waals surface area contributed by atoms with Gasteiger partial charge in [-0.3, -0.25) is 14.6 Å². The molecule has 1 aliphatic carbocycles. The summed E-state index contributed by atoms with van der Waals surface area (Å²) < 4.78 is 6.04. The minimum Gasteiger partial charge on any atom is -0.490 e. The SMILES string of the molecule is N#Cc1ccc(N2CCN(C(=O)c3cncc(Cc4n[nH]c(=O)c5ccc(OC6CCC6)cc45)c3)CC2)nc1. The summed E-state index contributed by atoms with van der Waals surface area (Å²) in [6.45, 7) is 2.41. The van der Waals surface area contributed by atoms with Crippen LogP contribution in [0.2, 0.25) is 0 Å². The molecule has 10 heteroatoms. The highest BCUT2D eigenvalue weighted by atomic mass is 16.5. The summed E-state index contributed by atoms with van der Waals surface area (Å²) in [5.74, 6) is 1.46. The Balaban J connectivity index is 1.16. The van der Waals surface area contributed by atoms with E-state index in [9.17, 15) is 9.59 Å². The summed E-state index contributed by atoms with van der Waals surface area (Å²) in [5, 5.41) is 17.2. The average Bonchev–Trinajstić information content (AvgIpc) is 2.96. The molecule has 1 amide bonds. The fourth-order valence-corrected chi connectivity index (χ4v) is 4.94. The Kier molecular flexibility index (Phi) is 6.63. The number of nitrogens with one attached hydrogen (secondary N) is 1. The maximum absolute atomic E-state index is 13.3. The third-order valence-electron chi connectivity index (χ3n) is 7.38. The number of fused-ring (bicyclic) bond motifs is 1. The molecule has 0 radical (unpaired) electrons. The molecule has 2 aliphatic rings. The number of amides is 1. The van der Waals surface area contributed by atoms with E-state index in [0.29, 0.717) is 54.8 Å². The summed E-state index contributed by atoms with van der Waals surface area (Å²) in [6.07, 6.45) is 8.78. The van der Waals surface area contributed by atoms with Crippen LogP contribution < -0.4 is 15.2 Å². The second kappa shape index (κ2) is 10.5. The first-order chi connectivity index (χ1) is 19.1. The van der Waals surface area contributed by atoms with Gasteiger partial charge in [-0.2, -0.15) is 10.4 Å². The molecular weight excluding hydrogens is 494 g/mol. The monoisotopic (exact) mass is 521 g/mol. The number of pyridine rings is 2. The third kappa shape index (κ3) is 5.16. The smallest absolute Gasteiger partial charge is 0.272 e. The van der Waals surface area contributed by atoms with Gasteiger partial charge in [-0.15, -0.1) is 0 Å². The predicted molar refractivity (Wildman–Crippen MR) is 145 cm³/mol. The van der Waals surface area contributed by atoms with Crippen molar-refractivity contribution in [1.82, 2.24) is 25.1 Å². The standard InChI is InChI=1S/C29H27N7O3/c30-15-19-4-7-27(32-17-19)35-8-10-36(11-9-35)29(38)21-12-20(16-31-18-21)13-26-25-14-23(39-22-2-1-3-22)5-6-24(25)28(37)34-33-26/h4-7,12,14,16-18,22H,1-3,8-11,13H2,(H,34,37). The van der Waals surface area contributed by atoms with Crippen LogP contribution in [0.4, 0.5) is 5.82 Å². The molecule has 4 heterocycles. The molecule has 0 unspecified atom stereocenters. The molecule has 3 aromatic heterocycles. The van der Waals surface area contributed by atoms with E-state index in [1.54, 1.807) is 30.7 Å². The van der Waals surface area contributed by atoms with Crippen molar-refractivity contribution < 1.29 is 9.53 Å². The number of H-pyrrole nitrogens is 1. The maximum atomic E-state index is 13.3. The summed E-state index contributed by atoms with van der Waals surface area (Å²) in [6, 6.07) is 13.0. The predicted octanol–water partition coefficient (Wildman–Crippen LogP) is 3.07. The summed E-state index contributed by atoms with van der Waals surface area (Å²) >= 11 is 0. The summed E-state index contributed by atoms with van der Waals surface area (Å²) in [4.78, 5) is 38.3. The molecule has 196 valence electrons. The van der Waals surface area contributed by atoms with E-state index in [4.69, 9.17) is 10.00 Å². The Hall–Kier alpha value is -4.78. The third-order valence-corrected chi connectivity index (χ3v) is 7.38. The van der Waals surface area contributed by atoms with Crippen LogP contribution >= 0.6 is 0 Å². The van der Waals surface area contributed by atoms with Crippen LogP contribution in [-0.4, -0.2) is 63.3 Å². The topological polar surface area (TPSA) is 128 Å². The minimum absolute atomic E-state index is 0.0766. The molecule has 6 rings (SSSR count). The Bertz CT molecular complexity index is 1620. The number of ether oxygens (including phenoxy) is 1. The number of piperazine rings is 1. The zero-order valence-corrected chi connectivity index (χ0v) is 21.3. The summed E-state index contributed by atoms with van der Waals surface area (Å²) in [7, 11) is 0. The molecule has 2 fully saturated rings. The lowest BCUT2D eigenvalue weighted by molar-refractivity contribution is 0.0746. The number of anilines is 1. The van der Waals surface area contributed by atoms with Crippen molar-refractivity contribution in [3.8, 4) is 11.8 Å². The first kappa shape index (κ1) is 24.6. The van der Waals surface area contributed by atoms with E-state index in [2.05, 4.69) is 31.1 Å². The van der Waals surface area contributed by atoms with E-state index in [0.717, 1.165) is 35.4 Å². The minimum atomic E-state index is -0.249. The molecule has 1 aromatic carbocycles. The second-order valence-electron chi connectivity index (χ2n) is 9.93. The van der Waals surface area contributed by atoms with E-state index in [1.165, 1.54) is 6.42 Å². The van der Waals surface area contributed by atoms with E-state index in [-0.39, 0.29) is 17.6 Å². The number of hydrogen-bond acceptors (Lipinski definition) is 8. The van der Waals surface area contributed by atoms with Crippen molar-refractivity contribution >= 4 is 22.5 Å². The number of rotatable bonds is 6. The van der Waals surface area contributed by atoms with Crippen LogP contribution in [0.3, 0.4) is 0 Å². The lowest BCUT2D eigenvalue weighted by atomic mass is 9.96. The van der Waals surface area contributed by atoms with Crippen molar-refractivity contribution in [3.05, 3.63) is 87.7 Å². The number of benzene rings is 1. The average molecular weight is 522 g/mol. The van der Waals surface area contributed by atoms with Crippen molar-refractivity contribution in [2.45, 2.75) is 31.8 Å². The highest BCUT2D eigenvalue weighted by molar-refractivity contribution is 5.94. The van der Waals surface area contributed by atoms with Crippen LogP contribution in [0.15, 0.2) is 59.8 Å². The Morgan fingerprint density at radius 2 is 1.90 bits per heavy atom. The van der Waals surface area contributed by atoms with Gasteiger partial charge >= 0.3 is 0 Å². The maximum Gasteiger partial charge on any atom is 0.272 e.